The molecule has 1 aromatic rings. The van der Waals surface area contributed by atoms with Crippen molar-refractivity contribution in [3.63, 3.8) is 0 Å². The molecule has 3 heteroatoms. The van der Waals surface area contributed by atoms with E-state index in [0.29, 0.717) is 32.7 Å². The monoisotopic (exact) mass is 480 g/mol. The molecule has 0 bridgehead atoms. The first-order chi connectivity index (χ1) is 10.6. The fraction of sp³-hybridized carbons (Fsp3) is 0.211. The molecule has 0 saturated carbocycles. The molecule has 1 aromatic carbocycles. The number of fused-ring (bicyclic) bond motifs is 1. The van der Waals surface area contributed by atoms with Crippen LogP contribution in [-0.2, 0) is 30.9 Å². The van der Waals surface area contributed by atoms with Crippen molar-refractivity contribution in [1.29, 1.82) is 0 Å². The van der Waals surface area contributed by atoms with Gasteiger partial charge < -0.3 is 0 Å². The number of nitrogens with zero attached hydrogens (tertiary/aromatic N) is 1. The summed E-state index contributed by atoms with van der Waals surface area (Å²) in [5.41, 5.74) is 4.25. The number of allylic oxidation sites excluding steroid dienone is 4. The number of rotatable bonds is 3. The second kappa shape index (κ2) is 7.73. The molecule has 2 nitrogen and oxygen atoms in total. The fourth-order valence-electron chi connectivity index (χ4n) is 2.52. The van der Waals surface area contributed by atoms with Crippen LogP contribution in [0.1, 0.15) is 19.4 Å². The Bertz CT molecular complexity index is 668. The fourth-order valence-corrected chi connectivity index (χ4v) is 3.38. The van der Waals surface area contributed by atoms with Gasteiger partial charge in [-0.3, -0.25) is 0 Å². The summed E-state index contributed by atoms with van der Waals surface area (Å²) in [6, 6.07) is 8.07. The zero-order chi connectivity index (χ0) is 16.1. The van der Waals surface area contributed by atoms with Gasteiger partial charge in [0.25, 0.3) is 0 Å². The average Bonchev–Trinajstić information content (AvgIpc) is 2.50. The van der Waals surface area contributed by atoms with Gasteiger partial charge in [0.2, 0.25) is 0 Å². The van der Waals surface area contributed by atoms with Crippen molar-refractivity contribution in [2.45, 2.75) is 17.3 Å². The number of anilines is 1. The van der Waals surface area contributed by atoms with E-state index in [1.807, 2.05) is 49.1 Å². The number of para-hydroxylation sites is 1. The van der Waals surface area contributed by atoms with E-state index in [4.69, 9.17) is 0 Å². The number of carbonyl (C=O) groups is 1. The molecular weight excluding hydrogens is 459 g/mol. The summed E-state index contributed by atoms with van der Waals surface area (Å²) in [4.78, 5) is 14.7. The molecule has 0 fully saturated rings. The van der Waals surface area contributed by atoms with Gasteiger partial charge in [0.05, 0.1) is 0 Å². The Morgan fingerprint density at radius 3 is 2.73 bits per heavy atom. The van der Waals surface area contributed by atoms with E-state index >= 15 is 0 Å². The van der Waals surface area contributed by atoms with Gasteiger partial charge in [-0.2, -0.15) is 0 Å². The average molecular weight is 479 g/mol. The van der Waals surface area contributed by atoms with E-state index in [1.54, 1.807) is 0 Å². The van der Waals surface area contributed by atoms with E-state index in [1.165, 1.54) is 0 Å². The molecule has 1 aliphatic heterocycles. The van der Waals surface area contributed by atoms with Crippen molar-refractivity contribution in [3.05, 3.63) is 71.9 Å². The Morgan fingerprint density at radius 1 is 1.36 bits per heavy atom. The van der Waals surface area contributed by atoms with Crippen molar-refractivity contribution in [2.75, 3.05) is 11.4 Å². The third-order valence-corrected chi connectivity index (χ3v) is 5.00. The maximum atomic E-state index is 12.7. The van der Waals surface area contributed by atoms with E-state index in [-0.39, 0.29) is 9.33 Å². The van der Waals surface area contributed by atoms with Crippen LogP contribution in [0.4, 0.5) is 5.69 Å². The van der Waals surface area contributed by atoms with Gasteiger partial charge in [0, 0.05) is 0 Å². The summed E-state index contributed by atoms with van der Waals surface area (Å²) >= 11 is 0.421. The number of benzene rings is 1. The predicted octanol–water partition coefficient (Wildman–Crippen LogP) is 4.46. The molecule has 1 amide bonds. The Balaban J connectivity index is 2.62. The molecule has 0 radical (unpaired) electrons. The van der Waals surface area contributed by atoms with Crippen LogP contribution in [0.15, 0.2) is 66.3 Å². The minimum absolute atomic E-state index is 0.149. The van der Waals surface area contributed by atoms with Gasteiger partial charge >= 0.3 is 149 Å². The maximum absolute atomic E-state index is 12.7. The summed E-state index contributed by atoms with van der Waals surface area (Å²) in [6.07, 6.45) is 10.1. The van der Waals surface area contributed by atoms with E-state index < -0.39 is 0 Å². The van der Waals surface area contributed by atoms with E-state index in [9.17, 15) is 4.79 Å². The van der Waals surface area contributed by atoms with Crippen LogP contribution in [0, 0.1) is 0 Å². The van der Waals surface area contributed by atoms with Crippen molar-refractivity contribution in [2.24, 2.45) is 0 Å². The molecule has 0 spiro atoms. The summed E-state index contributed by atoms with van der Waals surface area (Å²) in [6.45, 7) is 8.52. The molecule has 0 N–H and O–H groups in total. The molecule has 0 saturated heterocycles. The third kappa shape index (κ3) is 3.67. The number of hydrogen-bond donors (Lipinski definition) is 0. The number of amides is 1. The van der Waals surface area contributed by atoms with Crippen LogP contribution in [0.2, 0.25) is 3.43 Å². The quantitative estimate of drug-likeness (QED) is 0.587. The molecule has 1 atom stereocenters. The third-order valence-electron chi connectivity index (χ3n) is 3.64. The van der Waals surface area contributed by atoms with Gasteiger partial charge in [0.15, 0.2) is 0 Å². The topological polar surface area (TPSA) is 20.3 Å². The van der Waals surface area contributed by atoms with Crippen molar-refractivity contribution >= 4 is 17.7 Å². The zero-order valence-corrected chi connectivity index (χ0v) is 18.7. The normalized spacial score (nSPS) is 21.0. The van der Waals surface area contributed by atoms with Gasteiger partial charge in [0.1, 0.15) is 0 Å². The number of hydrogen-bond acceptors (Lipinski definition) is 1. The predicted molar refractivity (Wildman–Crippen MR) is 89.3 cm³/mol. The van der Waals surface area contributed by atoms with Crippen molar-refractivity contribution in [1.82, 2.24) is 0 Å². The molecule has 22 heavy (non-hydrogen) atoms. The first-order valence-electron chi connectivity index (χ1n) is 7.48. The molecule has 1 heterocycles. The van der Waals surface area contributed by atoms with Crippen LogP contribution >= 0.6 is 0 Å². The first kappa shape index (κ1) is 16.9. The molecule has 0 aromatic heterocycles. The Hall–Kier alpha value is -1.41. The Labute approximate surface area is 148 Å². The second-order valence-corrected chi connectivity index (χ2v) is 10.2. The summed E-state index contributed by atoms with van der Waals surface area (Å²) in [7, 11) is 0. The van der Waals surface area contributed by atoms with Gasteiger partial charge in [-0.1, -0.05) is 0 Å². The molecule has 109 valence electrons. The number of carbonyl (C=O) groups excluding carboxylic acids is 1. The van der Waals surface area contributed by atoms with Crippen LogP contribution in [0.3, 0.4) is 0 Å². The van der Waals surface area contributed by atoms with Gasteiger partial charge in [-0.25, -0.2) is 0 Å². The Kier molecular flexibility index (Phi) is 5.95. The minimum atomic E-state index is 0.149. The first-order valence-corrected chi connectivity index (χ1v) is 10.7. The Morgan fingerprint density at radius 2 is 2.09 bits per heavy atom. The standard InChI is InChI=1S/C19H20NO.Hg/c1-4-9-17-14-20(19(21)6-3)18-11-8-7-10-16(18)13-12-15(17)5-2;/h4-13H,2,14H2,1,3H3;/b9-4-,13-12-,17-15-;. The van der Waals surface area contributed by atoms with Crippen LogP contribution in [0.5, 0.6) is 0 Å². The zero-order valence-electron chi connectivity index (χ0n) is 13.3. The van der Waals surface area contributed by atoms with Crippen molar-refractivity contribution < 1.29 is 30.9 Å². The van der Waals surface area contributed by atoms with E-state index in [0.717, 1.165) is 22.4 Å². The summed E-state index contributed by atoms with van der Waals surface area (Å²) in [5, 5.41) is 0. The molecule has 1 aliphatic rings. The van der Waals surface area contributed by atoms with Crippen molar-refractivity contribution in [3.8, 4) is 0 Å². The van der Waals surface area contributed by atoms with Crippen LogP contribution < -0.4 is 4.90 Å². The van der Waals surface area contributed by atoms with Crippen LogP contribution in [-0.4, -0.2) is 12.5 Å². The molecule has 1 unspecified atom stereocenters. The van der Waals surface area contributed by atoms with E-state index in [2.05, 4.69) is 30.9 Å². The summed E-state index contributed by atoms with van der Waals surface area (Å²) in [5.74, 6) is 0.219. The molecule has 0 aliphatic carbocycles. The van der Waals surface area contributed by atoms with Crippen LogP contribution in [0.25, 0.3) is 6.08 Å². The van der Waals surface area contributed by atoms with Gasteiger partial charge in [-0.05, 0) is 0 Å². The molecule has 2 rings (SSSR count). The SMILES string of the molecule is C=CC1=C(\C=C/C)CN(C(=O)[CH](C)[Hg])c2ccccc2/C=C\1. The van der Waals surface area contributed by atoms with Gasteiger partial charge in [-0.15, -0.1) is 0 Å². The molecular formula is C19H20HgNO. The summed E-state index contributed by atoms with van der Waals surface area (Å²) < 4.78 is 0.149. The second-order valence-electron chi connectivity index (χ2n) is 5.40.